The fourth-order valence-electron chi connectivity index (χ4n) is 5.59. The summed E-state index contributed by atoms with van der Waals surface area (Å²) >= 11 is 6.33. The molecule has 0 unspecified atom stereocenters. The van der Waals surface area contributed by atoms with Crippen LogP contribution in [0.25, 0.3) is 11.2 Å². The third kappa shape index (κ3) is 2.49. The fourth-order valence-corrected chi connectivity index (χ4v) is 5.78. The molecular weight excluding hydrogens is 394 g/mol. The molecule has 5 atom stereocenters. The topological polar surface area (TPSA) is 94.3 Å². The number of fused-ring (bicyclic) bond motifs is 4. The lowest BCUT2D eigenvalue weighted by atomic mass is 9.60. The van der Waals surface area contributed by atoms with Gasteiger partial charge in [0.25, 0.3) is 0 Å². The summed E-state index contributed by atoms with van der Waals surface area (Å²) < 4.78 is 20.2. The first kappa shape index (κ1) is 19.1. The monoisotopic (exact) mass is 419 g/mol. The number of ether oxygens (including phenoxy) is 3. The maximum Gasteiger partial charge on any atom is 0.189 e. The average Bonchev–Trinajstić information content (AvgIpc) is 3.23. The van der Waals surface area contributed by atoms with Gasteiger partial charge in [0.2, 0.25) is 0 Å². The van der Waals surface area contributed by atoms with E-state index in [-0.39, 0.29) is 30.1 Å². The standard InChI is InChI=1S/C20H26ClN5O3/c1-5-23-11-8-12(21)25-17-13(11)24-9-26(17)14-10-6-7-20(10,18(22)27-4)16-15(14)28-19(2,3)29-16/h8-10,14-16,22H,5-7H2,1-4H3,(H,23,25)/t10-,14-,15+,16+,20+/m1/s1. The van der Waals surface area contributed by atoms with Crippen molar-refractivity contribution in [1.29, 1.82) is 5.41 Å². The van der Waals surface area contributed by atoms with Crippen molar-refractivity contribution in [2.45, 2.75) is 57.6 Å². The third-order valence-electron chi connectivity index (χ3n) is 6.73. The third-order valence-corrected chi connectivity index (χ3v) is 6.92. The van der Waals surface area contributed by atoms with Gasteiger partial charge in [-0.3, -0.25) is 5.41 Å². The molecule has 2 aliphatic carbocycles. The molecule has 0 bridgehead atoms. The van der Waals surface area contributed by atoms with Crippen LogP contribution in [0.15, 0.2) is 12.4 Å². The summed E-state index contributed by atoms with van der Waals surface area (Å²) in [4.78, 5) is 9.23. The van der Waals surface area contributed by atoms with E-state index in [1.54, 1.807) is 13.2 Å². The molecule has 2 aromatic rings. The maximum atomic E-state index is 8.57. The van der Waals surface area contributed by atoms with Gasteiger partial charge < -0.3 is 24.1 Å². The number of imidazole rings is 1. The lowest BCUT2D eigenvalue weighted by Crippen LogP contribution is -2.52. The number of nitrogens with zero attached hydrogens (tertiary/aromatic N) is 3. The molecule has 3 fully saturated rings. The zero-order valence-electron chi connectivity index (χ0n) is 17.0. The van der Waals surface area contributed by atoms with Crippen molar-refractivity contribution in [3.8, 4) is 0 Å². The van der Waals surface area contributed by atoms with Crippen molar-refractivity contribution in [2.75, 3.05) is 19.0 Å². The van der Waals surface area contributed by atoms with Gasteiger partial charge in [-0.1, -0.05) is 11.6 Å². The SMILES string of the molecule is CCNc1cc(Cl)nc2c1ncn2[C@H]1[C@@H]2OC(C)(C)O[C@@H]2[C@]2(C(=N)OC)CC[C@H]12. The van der Waals surface area contributed by atoms with E-state index in [4.69, 9.17) is 31.2 Å². The van der Waals surface area contributed by atoms with Gasteiger partial charge in [0, 0.05) is 12.6 Å². The molecule has 2 aromatic heterocycles. The van der Waals surface area contributed by atoms with Crippen LogP contribution in [0.3, 0.4) is 0 Å². The van der Waals surface area contributed by atoms with Crippen molar-refractivity contribution < 1.29 is 14.2 Å². The van der Waals surface area contributed by atoms with Crippen LogP contribution < -0.4 is 5.32 Å². The summed E-state index contributed by atoms with van der Waals surface area (Å²) in [5.74, 6) is -0.288. The summed E-state index contributed by atoms with van der Waals surface area (Å²) in [5.41, 5.74) is 1.89. The van der Waals surface area contributed by atoms with E-state index < -0.39 is 11.2 Å². The van der Waals surface area contributed by atoms with Crippen LogP contribution in [0.2, 0.25) is 5.15 Å². The highest BCUT2D eigenvalue weighted by Gasteiger charge is 2.73. The van der Waals surface area contributed by atoms with E-state index in [2.05, 4.69) is 19.9 Å². The van der Waals surface area contributed by atoms with Gasteiger partial charge >= 0.3 is 0 Å². The molecule has 1 saturated heterocycles. The first-order chi connectivity index (χ1) is 13.8. The Morgan fingerprint density at radius 1 is 1.45 bits per heavy atom. The molecule has 9 heteroatoms. The summed E-state index contributed by atoms with van der Waals surface area (Å²) in [6.45, 7) is 6.64. The fraction of sp³-hybridized carbons (Fsp3) is 0.650. The molecule has 2 saturated carbocycles. The first-order valence-electron chi connectivity index (χ1n) is 10.1. The molecule has 3 heterocycles. The van der Waals surface area contributed by atoms with E-state index in [9.17, 15) is 0 Å². The number of nitrogens with one attached hydrogen (secondary N) is 2. The molecule has 8 nitrogen and oxygen atoms in total. The summed E-state index contributed by atoms with van der Waals surface area (Å²) in [6.07, 6.45) is 3.19. The van der Waals surface area contributed by atoms with Gasteiger partial charge in [0.1, 0.15) is 22.9 Å². The second-order valence-corrected chi connectivity index (χ2v) is 8.96. The molecule has 2 N–H and O–H groups in total. The van der Waals surface area contributed by atoms with Crippen LogP contribution in [-0.4, -0.2) is 52.1 Å². The minimum absolute atomic E-state index is 0.0588. The predicted octanol–water partition coefficient (Wildman–Crippen LogP) is 3.61. The average molecular weight is 420 g/mol. The van der Waals surface area contributed by atoms with Crippen LogP contribution in [0.4, 0.5) is 5.69 Å². The molecule has 5 rings (SSSR count). The minimum atomic E-state index is -0.717. The number of hydrogen-bond donors (Lipinski definition) is 2. The van der Waals surface area contributed by atoms with Crippen LogP contribution in [0.1, 0.15) is 39.7 Å². The van der Waals surface area contributed by atoms with Gasteiger partial charge in [-0.15, -0.1) is 0 Å². The normalized spacial score (nSPS) is 34.5. The summed E-state index contributed by atoms with van der Waals surface area (Å²) in [7, 11) is 1.56. The number of pyridine rings is 1. The zero-order chi connectivity index (χ0) is 20.6. The smallest absolute Gasteiger partial charge is 0.189 e. The highest BCUT2D eigenvalue weighted by atomic mass is 35.5. The molecule has 0 aromatic carbocycles. The molecular formula is C20H26ClN5O3. The Morgan fingerprint density at radius 2 is 2.24 bits per heavy atom. The number of methoxy groups -OCH3 is 1. The predicted molar refractivity (Wildman–Crippen MR) is 109 cm³/mol. The number of anilines is 1. The van der Waals surface area contributed by atoms with Gasteiger partial charge in [-0.25, -0.2) is 9.97 Å². The highest BCUT2D eigenvalue weighted by molar-refractivity contribution is 6.30. The molecule has 156 valence electrons. The van der Waals surface area contributed by atoms with Crippen LogP contribution in [0, 0.1) is 16.7 Å². The molecule has 0 amide bonds. The van der Waals surface area contributed by atoms with Crippen molar-refractivity contribution in [1.82, 2.24) is 14.5 Å². The summed E-state index contributed by atoms with van der Waals surface area (Å²) in [5, 5.41) is 12.3. The van der Waals surface area contributed by atoms with E-state index >= 15 is 0 Å². The Morgan fingerprint density at radius 3 is 2.90 bits per heavy atom. The molecule has 29 heavy (non-hydrogen) atoms. The van der Waals surface area contributed by atoms with Gasteiger partial charge in [-0.2, -0.15) is 0 Å². The Balaban J connectivity index is 1.65. The number of rotatable bonds is 4. The lowest BCUT2D eigenvalue weighted by molar-refractivity contribution is -0.182. The Bertz CT molecular complexity index is 992. The van der Waals surface area contributed by atoms with Crippen molar-refractivity contribution in [3.63, 3.8) is 0 Å². The molecule has 0 spiro atoms. The van der Waals surface area contributed by atoms with E-state index in [1.165, 1.54) is 0 Å². The maximum absolute atomic E-state index is 8.57. The Kier molecular flexibility index (Phi) is 4.14. The van der Waals surface area contributed by atoms with E-state index in [0.717, 1.165) is 36.2 Å². The first-order valence-corrected chi connectivity index (χ1v) is 10.5. The van der Waals surface area contributed by atoms with Crippen LogP contribution >= 0.6 is 11.6 Å². The summed E-state index contributed by atoms with van der Waals surface area (Å²) in [6, 6.07) is 1.74. The quantitative estimate of drug-likeness (QED) is 0.446. The van der Waals surface area contributed by atoms with Crippen molar-refractivity contribution in [3.05, 3.63) is 17.5 Å². The number of hydrogen-bond acceptors (Lipinski definition) is 7. The Hall–Kier alpha value is -1.90. The van der Waals surface area contributed by atoms with Crippen molar-refractivity contribution in [2.24, 2.45) is 11.3 Å². The van der Waals surface area contributed by atoms with Gasteiger partial charge in [-0.05, 0) is 39.5 Å². The second kappa shape index (κ2) is 6.30. The Labute approximate surface area is 174 Å². The second-order valence-electron chi connectivity index (χ2n) is 8.58. The van der Waals surface area contributed by atoms with Crippen molar-refractivity contribution >= 4 is 34.3 Å². The van der Waals surface area contributed by atoms with E-state index in [1.807, 2.05) is 27.1 Å². The van der Waals surface area contributed by atoms with E-state index in [0.29, 0.717) is 5.15 Å². The van der Waals surface area contributed by atoms with Crippen LogP contribution in [-0.2, 0) is 14.2 Å². The number of halogens is 1. The zero-order valence-corrected chi connectivity index (χ0v) is 17.8. The molecule has 1 aliphatic heterocycles. The number of aromatic nitrogens is 3. The van der Waals surface area contributed by atoms with Gasteiger partial charge in [0.05, 0.1) is 30.6 Å². The molecule has 0 radical (unpaired) electrons. The minimum Gasteiger partial charge on any atom is -0.484 e. The highest BCUT2D eigenvalue weighted by Crippen LogP contribution is 2.66. The molecule has 3 aliphatic rings. The van der Waals surface area contributed by atoms with Crippen LogP contribution in [0.5, 0.6) is 0 Å². The largest absolute Gasteiger partial charge is 0.484 e. The van der Waals surface area contributed by atoms with Gasteiger partial charge in [0.15, 0.2) is 17.3 Å². The lowest BCUT2D eigenvalue weighted by Gasteiger charge is -2.48.